The lowest BCUT2D eigenvalue weighted by Gasteiger charge is -2.36. The van der Waals surface area contributed by atoms with Gasteiger partial charge in [0.2, 0.25) is 5.91 Å². The number of halogens is 2. The summed E-state index contributed by atoms with van der Waals surface area (Å²) in [5, 5.41) is 6.14. The molecule has 0 aliphatic carbocycles. The molecule has 1 heterocycles. The van der Waals surface area contributed by atoms with E-state index in [1.807, 2.05) is 13.8 Å². The van der Waals surface area contributed by atoms with Gasteiger partial charge in [0.15, 0.2) is 0 Å². The van der Waals surface area contributed by atoms with Crippen LogP contribution in [0.25, 0.3) is 0 Å². The highest BCUT2D eigenvalue weighted by Gasteiger charge is 2.34. The molecule has 2 unspecified atom stereocenters. The average molecular weight is 474 g/mol. The van der Waals surface area contributed by atoms with Gasteiger partial charge in [-0.25, -0.2) is 4.39 Å². The van der Waals surface area contributed by atoms with Crippen molar-refractivity contribution in [3.8, 4) is 0 Å². The maximum Gasteiger partial charge on any atom is 0.253 e. The molecule has 1 aliphatic rings. The number of rotatable bonds is 7. The monoisotopic (exact) mass is 473 g/mol. The van der Waals surface area contributed by atoms with Gasteiger partial charge in [0.1, 0.15) is 11.9 Å². The van der Waals surface area contributed by atoms with Crippen LogP contribution >= 0.6 is 11.6 Å². The van der Waals surface area contributed by atoms with Crippen LogP contribution in [0.5, 0.6) is 0 Å². The molecule has 1 aliphatic heterocycles. The molecule has 3 amide bonds. The summed E-state index contributed by atoms with van der Waals surface area (Å²) in [6.45, 7) is 4.70. The van der Waals surface area contributed by atoms with E-state index in [1.54, 1.807) is 35.2 Å². The van der Waals surface area contributed by atoms with E-state index in [9.17, 15) is 18.8 Å². The molecule has 0 spiro atoms. The Bertz CT molecular complexity index is 1010. The average Bonchev–Trinajstić information content (AvgIpc) is 2.82. The summed E-state index contributed by atoms with van der Waals surface area (Å²) in [4.78, 5) is 40.3. The van der Waals surface area contributed by atoms with Gasteiger partial charge in [-0.05, 0) is 62.4 Å². The predicted molar refractivity (Wildman–Crippen MR) is 126 cm³/mol. The minimum absolute atomic E-state index is 0.0353. The van der Waals surface area contributed by atoms with E-state index in [2.05, 4.69) is 10.6 Å². The molecule has 0 radical (unpaired) electrons. The molecule has 8 heteroatoms. The van der Waals surface area contributed by atoms with E-state index in [0.29, 0.717) is 42.1 Å². The summed E-state index contributed by atoms with van der Waals surface area (Å²) in [5.74, 6) is -1.52. The molecule has 176 valence electrons. The largest absolute Gasteiger partial charge is 0.352 e. The Morgan fingerprint density at radius 2 is 1.79 bits per heavy atom. The van der Waals surface area contributed by atoms with E-state index in [0.717, 1.165) is 6.42 Å². The number of nitrogens with one attached hydrogen (secondary N) is 2. The predicted octanol–water partition coefficient (Wildman–Crippen LogP) is 4.04. The minimum atomic E-state index is -0.755. The molecule has 0 saturated carbocycles. The maximum absolute atomic E-state index is 13.5. The van der Waals surface area contributed by atoms with Crippen molar-refractivity contribution in [2.45, 2.75) is 45.2 Å². The standard InChI is InChI=1S/C25H29ClFN3O3/c1-3-16(2)28-24(32)22(29-23(31)20-9-4-5-10-21(20)26)17-11-13-30(14-12-17)25(33)18-7-6-8-19(27)15-18/h4-10,15-17,22H,3,11-14H2,1-2H3,(H,28,32)(H,29,31). The van der Waals surface area contributed by atoms with Crippen molar-refractivity contribution >= 4 is 29.3 Å². The number of amides is 3. The van der Waals surface area contributed by atoms with Gasteiger partial charge in [0, 0.05) is 24.7 Å². The third kappa shape index (κ3) is 6.32. The van der Waals surface area contributed by atoms with Crippen molar-refractivity contribution in [1.29, 1.82) is 0 Å². The van der Waals surface area contributed by atoms with Crippen molar-refractivity contribution in [2.75, 3.05) is 13.1 Å². The highest BCUT2D eigenvalue weighted by molar-refractivity contribution is 6.33. The molecule has 2 N–H and O–H groups in total. The Morgan fingerprint density at radius 3 is 2.42 bits per heavy atom. The van der Waals surface area contributed by atoms with Crippen molar-refractivity contribution in [1.82, 2.24) is 15.5 Å². The van der Waals surface area contributed by atoms with Gasteiger partial charge in [-0.15, -0.1) is 0 Å². The smallest absolute Gasteiger partial charge is 0.253 e. The third-order valence-corrected chi connectivity index (χ3v) is 6.39. The summed E-state index contributed by atoms with van der Waals surface area (Å²) in [6, 6.07) is 11.5. The molecule has 3 rings (SSSR count). The molecule has 6 nitrogen and oxygen atoms in total. The number of benzene rings is 2. The first-order valence-corrected chi connectivity index (χ1v) is 11.6. The highest BCUT2D eigenvalue weighted by atomic mass is 35.5. The number of likely N-dealkylation sites (tertiary alicyclic amines) is 1. The van der Waals surface area contributed by atoms with Crippen molar-refractivity contribution in [3.05, 3.63) is 70.5 Å². The summed E-state index contributed by atoms with van der Waals surface area (Å²) in [7, 11) is 0. The zero-order valence-corrected chi connectivity index (χ0v) is 19.6. The third-order valence-electron chi connectivity index (χ3n) is 6.06. The van der Waals surface area contributed by atoms with Gasteiger partial charge in [0.25, 0.3) is 11.8 Å². The maximum atomic E-state index is 13.5. The fourth-order valence-corrected chi connectivity index (χ4v) is 4.16. The summed E-state index contributed by atoms with van der Waals surface area (Å²) >= 11 is 6.17. The minimum Gasteiger partial charge on any atom is -0.352 e. The van der Waals surface area contributed by atoms with Gasteiger partial charge >= 0.3 is 0 Å². The second kappa shape index (κ2) is 11.3. The van der Waals surface area contributed by atoms with E-state index >= 15 is 0 Å². The molecular formula is C25H29ClFN3O3. The number of carbonyl (C=O) groups excluding carboxylic acids is 3. The summed E-state index contributed by atoms with van der Waals surface area (Å²) in [5.41, 5.74) is 0.603. The number of piperidine rings is 1. The van der Waals surface area contributed by atoms with Gasteiger partial charge < -0.3 is 15.5 Å². The molecule has 0 bridgehead atoms. The van der Waals surface area contributed by atoms with E-state index in [1.165, 1.54) is 18.2 Å². The molecule has 2 aromatic carbocycles. The summed E-state index contributed by atoms with van der Waals surface area (Å²) < 4.78 is 13.5. The molecule has 33 heavy (non-hydrogen) atoms. The van der Waals surface area contributed by atoms with Crippen molar-refractivity contribution < 1.29 is 18.8 Å². The Balaban J connectivity index is 1.71. The molecule has 1 saturated heterocycles. The van der Waals surface area contributed by atoms with Crippen LogP contribution in [0.2, 0.25) is 5.02 Å². The van der Waals surface area contributed by atoms with Crippen LogP contribution in [-0.2, 0) is 4.79 Å². The lowest BCUT2D eigenvalue weighted by Crippen LogP contribution is -2.55. The molecule has 2 aromatic rings. The van der Waals surface area contributed by atoms with Crippen LogP contribution in [0.15, 0.2) is 48.5 Å². The normalized spacial score (nSPS) is 16.1. The second-order valence-electron chi connectivity index (χ2n) is 8.39. The zero-order valence-electron chi connectivity index (χ0n) is 18.8. The fraction of sp³-hybridized carbons (Fsp3) is 0.400. The SMILES string of the molecule is CCC(C)NC(=O)C(NC(=O)c1ccccc1Cl)C1CCN(C(=O)c2cccc(F)c2)CC1. The van der Waals surface area contributed by atoms with E-state index < -0.39 is 17.8 Å². The quantitative estimate of drug-likeness (QED) is 0.637. The van der Waals surface area contributed by atoms with Crippen LogP contribution in [0.4, 0.5) is 4.39 Å². The van der Waals surface area contributed by atoms with Crippen LogP contribution in [-0.4, -0.2) is 47.8 Å². The lowest BCUT2D eigenvalue weighted by atomic mass is 9.88. The number of nitrogens with zero attached hydrogens (tertiary/aromatic N) is 1. The first-order chi connectivity index (χ1) is 15.8. The fourth-order valence-electron chi connectivity index (χ4n) is 3.94. The molecule has 2 atom stereocenters. The molecule has 1 fully saturated rings. The van der Waals surface area contributed by atoms with E-state index in [4.69, 9.17) is 11.6 Å². The van der Waals surface area contributed by atoms with Crippen molar-refractivity contribution in [3.63, 3.8) is 0 Å². The van der Waals surface area contributed by atoms with Gasteiger partial charge in [0.05, 0.1) is 10.6 Å². The first kappa shape index (κ1) is 24.7. The van der Waals surface area contributed by atoms with Crippen molar-refractivity contribution in [2.24, 2.45) is 5.92 Å². The zero-order chi connectivity index (χ0) is 24.0. The van der Waals surface area contributed by atoms with Gasteiger partial charge in [-0.3, -0.25) is 14.4 Å². The molecular weight excluding hydrogens is 445 g/mol. The van der Waals surface area contributed by atoms with E-state index in [-0.39, 0.29) is 23.8 Å². The molecule has 0 aromatic heterocycles. The Morgan fingerprint density at radius 1 is 1.09 bits per heavy atom. The lowest BCUT2D eigenvalue weighted by molar-refractivity contribution is -0.125. The number of hydrogen-bond donors (Lipinski definition) is 2. The second-order valence-corrected chi connectivity index (χ2v) is 8.80. The highest BCUT2D eigenvalue weighted by Crippen LogP contribution is 2.24. The Kier molecular flexibility index (Phi) is 8.44. The van der Waals surface area contributed by atoms with Gasteiger partial charge in [-0.1, -0.05) is 36.7 Å². The van der Waals surface area contributed by atoms with Crippen LogP contribution < -0.4 is 10.6 Å². The van der Waals surface area contributed by atoms with Gasteiger partial charge in [-0.2, -0.15) is 0 Å². The first-order valence-electron chi connectivity index (χ1n) is 11.2. The Labute approximate surface area is 198 Å². The topological polar surface area (TPSA) is 78.5 Å². The number of carbonyl (C=O) groups is 3. The summed E-state index contributed by atoms with van der Waals surface area (Å²) in [6.07, 6.45) is 1.82. The van der Waals surface area contributed by atoms with Crippen LogP contribution in [0.3, 0.4) is 0 Å². The van der Waals surface area contributed by atoms with Crippen LogP contribution in [0.1, 0.15) is 53.8 Å². The van der Waals surface area contributed by atoms with Crippen LogP contribution in [0, 0.1) is 11.7 Å². The Hall–Kier alpha value is -2.93. The number of hydrogen-bond acceptors (Lipinski definition) is 3.